The van der Waals surface area contributed by atoms with Crippen molar-refractivity contribution in [2.45, 2.75) is 39.0 Å². The minimum atomic E-state index is -0.286. The van der Waals surface area contributed by atoms with Crippen LogP contribution in [0, 0.1) is 11.8 Å². The Morgan fingerprint density at radius 1 is 1.06 bits per heavy atom. The molecular weight excluding hydrogens is 419 g/mol. The lowest BCUT2D eigenvalue weighted by atomic mass is 9.82. The first-order chi connectivity index (χ1) is 16.1. The summed E-state index contributed by atoms with van der Waals surface area (Å²) >= 11 is 0. The predicted octanol–water partition coefficient (Wildman–Crippen LogP) is 4.72. The van der Waals surface area contributed by atoms with E-state index in [-0.39, 0.29) is 30.2 Å². The third kappa shape index (κ3) is 7.42. The van der Waals surface area contributed by atoms with Crippen LogP contribution in [0.5, 0.6) is 5.75 Å². The number of nitrogens with zero attached hydrogens (tertiary/aromatic N) is 3. The highest BCUT2D eigenvalue weighted by Crippen LogP contribution is 2.31. The van der Waals surface area contributed by atoms with Crippen molar-refractivity contribution in [2.24, 2.45) is 11.8 Å². The van der Waals surface area contributed by atoms with Crippen molar-refractivity contribution in [3.05, 3.63) is 48.7 Å². The van der Waals surface area contributed by atoms with Crippen LogP contribution in [-0.2, 0) is 4.79 Å². The van der Waals surface area contributed by atoms with E-state index in [0.29, 0.717) is 18.9 Å². The van der Waals surface area contributed by atoms with Gasteiger partial charge in [0, 0.05) is 38.3 Å². The number of phenolic OH excluding ortho intramolecular Hbond substituents is 1. The van der Waals surface area contributed by atoms with Gasteiger partial charge in [-0.15, -0.1) is 0 Å². The first kappa shape index (κ1) is 25.0. The number of pyridine rings is 1. The third-order valence-electron chi connectivity index (χ3n) is 6.43. The Labute approximate surface area is 196 Å². The fourth-order valence-corrected chi connectivity index (χ4v) is 4.50. The highest BCUT2D eigenvalue weighted by molar-refractivity contribution is 5.94. The maximum absolute atomic E-state index is 13.4. The average Bonchev–Trinajstić information content (AvgIpc) is 2.86. The van der Waals surface area contributed by atoms with E-state index < -0.39 is 0 Å². The van der Waals surface area contributed by atoms with Crippen molar-refractivity contribution >= 4 is 17.4 Å². The topological polar surface area (TPSA) is 68.7 Å². The second-order valence-corrected chi connectivity index (χ2v) is 8.84. The number of anilines is 2. The van der Waals surface area contributed by atoms with Crippen molar-refractivity contribution < 1.29 is 14.3 Å². The fourth-order valence-electron chi connectivity index (χ4n) is 4.50. The Morgan fingerprint density at radius 3 is 2.48 bits per heavy atom. The molecule has 180 valence electrons. The highest BCUT2D eigenvalue weighted by Gasteiger charge is 2.30. The molecule has 0 unspecified atom stereocenters. The number of carbonyl (C=O) groups is 1. The van der Waals surface area contributed by atoms with Crippen LogP contribution in [0.2, 0.25) is 0 Å². The number of hydrogen-bond acceptors (Lipinski definition) is 5. The van der Waals surface area contributed by atoms with Gasteiger partial charge in [0.15, 0.2) is 0 Å². The number of aromatic nitrogens is 1. The molecule has 0 radical (unpaired) electrons. The van der Waals surface area contributed by atoms with Crippen LogP contribution in [0.1, 0.15) is 39.0 Å². The van der Waals surface area contributed by atoms with E-state index >= 15 is 0 Å². The van der Waals surface area contributed by atoms with Gasteiger partial charge in [-0.2, -0.15) is 0 Å². The molecule has 0 spiro atoms. The molecular formula is C26H37FN4O2. The lowest BCUT2D eigenvalue weighted by Crippen LogP contribution is -2.44. The molecule has 1 aliphatic carbocycles. The van der Waals surface area contributed by atoms with Crippen LogP contribution in [-0.4, -0.2) is 60.3 Å². The van der Waals surface area contributed by atoms with Crippen LogP contribution >= 0.6 is 0 Å². The summed E-state index contributed by atoms with van der Waals surface area (Å²) in [7, 11) is 0. The number of amides is 1. The Hall–Kier alpha value is -2.67. The summed E-state index contributed by atoms with van der Waals surface area (Å²) in [5, 5.41) is 13.2. The number of rotatable bonds is 12. The monoisotopic (exact) mass is 456 g/mol. The van der Waals surface area contributed by atoms with Crippen LogP contribution in [0.4, 0.5) is 15.9 Å². The molecule has 1 amide bonds. The number of hydrogen-bond donors (Lipinski definition) is 2. The van der Waals surface area contributed by atoms with Crippen molar-refractivity contribution in [3.8, 4) is 5.75 Å². The van der Waals surface area contributed by atoms with Gasteiger partial charge in [-0.3, -0.25) is 19.0 Å². The fraction of sp³-hybridized carbons (Fsp3) is 0.538. The number of phenols is 1. The maximum Gasteiger partial charge on any atom is 0.231 e. The molecule has 2 aromatic rings. The lowest BCUT2D eigenvalue weighted by molar-refractivity contribution is -0.123. The quantitative estimate of drug-likeness (QED) is 0.452. The van der Waals surface area contributed by atoms with Gasteiger partial charge in [-0.1, -0.05) is 25.1 Å². The smallest absolute Gasteiger partial charge is 0.231 e. The van der Waals surface area contributed by atoms with Crippen LogP contribution in [0.3, 0.4) is 0 Å². The molecule has 1 aliphatic rings. The van der Waals surface area contributed by atoms with Crippen LogP contribution < -0.4 is 10.2 Å². The third-order valence-corrected chi connectivity index (χ3v) is 6.43. The molecule has 3 rings (SSSR count). The van der Waals surface area contributed by atoms with Gasteiger partial charge in [-0.25, -0.2) is 4.98 Å². The molecule has 1 fully saturated rings. The standard InChI is InChI=1S/C26H37FN4O2/c1-2-16-30(17-15-28-23-7-3-4-8-24(23)32)18-19-31(25-9-5-6-14-29-25)26(33)22-12-10-21(20-27)11-13-22/h3-9,14,21-22,28,32H,2,10-13,15-20H2,1H3. The first-order valence-electron chi connectivity index (χ1n) is 12.1. The van der Waals surface area contributed by atoms with Gasteiger partial charge in [-0.05, 0) is 68.8 Å². The zero-order chi connectivity index (χ0) is 23.5. The van der Waals surface area contributed by atoms with E-state index in [1.165, 1.54) is 0 Å². The Bertz CT molecular complexity index is 843. The summed E-state index contributed by atoms with van der Waals surface area (Å²) in [6.45, 7) is 5.58. The zero-order valence-electron chi connectivity index (χ0n) is 19.6. The number of alkyl halides is 1. The SMILES string of the molecule is CCCN(CCNc1ccccc1O)CCN(C(=O)C1CCC(CF)CC1)c1ccccn1. The van der Waals surface area contributed by atoms with Crippen molar-refractivity contribution in [2.75, 3.05) is 49.6 Å². The number of benzene rings is 1. The number of carbonyl (C=O) groups excluding carboxylic acids is 1. The molecule has 1 aromatic heterocycles. The summed E-state index contributed by atoms with van der Waals surface area (Å²) in [4.78, 5) is 22.0. The minimum absolute atomic E-state index is 0.0582. The van der Waals surface area contributed by atoms with Gasteiger partial charge in [0.2, 0.25) is 5.91 Å². The van der Waals surface area contributed by atoms with Crippen molar-refractivity contribution in [1.82, 2.24) is 9.88 Å². The van der Waals surface area contributed by atoms with E-state index in [2.05, 4.69) is 22.1 Å². The Morgan fingerprint density at radius 2 is 1.82 bits per heavy atom. The summed E-state index contributed by atoms with van der Waals surface area (Å²) in [6, 6.07) is 12.9. The van der Waals surface area contributed by atoms with E-state index in [4.69, 9.17) is 0 Å². The number of nitrogens with one attached hydrogen (secondary N) is 1. The summed E-state index contributed by atoms with van der Waals surface area (Å²) < 4.78 is 13.0. The molecule has 1 aromatic carbocycles. The van der Waals surface area contributed by atoms with E-state index in [9.17, 15) is 14.3 Å². The van der Waals surface area contributed by atoms with Gasteiger partial charge in [0.05, 0.1) is 12.4 Å². The summed E-state index contributed by atoms with van der Waals surface area (Å²) in [6.07, 6.45) is 5.79. The predicted molar refractivity (Wildman–Crippen MR) is 131 cm³/mol. The van der Waals surface area contributed by atoms with Crippen LogP contribution in [0.15, 0.2) is 48.7 Å². The van der Waals surface area contributed by atoms with Crippen molar-refractivity contribution in [1.29, 1.82) is 0 Å². The highest BCUT2D eigenvalue weighted by atomic mass is 19.1. The normalized spacial score (nSPS) is 18.3. The molecule has 0 atom stereocenters. The van der Waals surface area contributed by atoms with Crippen LogP contribution in [0.25, 0.3) is 0 Å². The summed E-state index contributed by atoms with van der Waals surface area (Å²) in [5.74, 6) is 1.08. The minimum Gasteiger partial charge on any atom is -0.506 e. The second kappa shape index (κ2) is 13.1. The Kier molecular flexibility index (Phi) is 9.94. The van der Waals surface area contributed by atoms with Gasteiger partial charge < -0.3 is 10.4 Å². The lowest BCUT2D eigenvalue weighted by Gasteiger charge is -2.32. The summed E-state index contributed by atoms with van der Waals surface area (Å²) in [5.41, 5.74) is 0.725. The molecule has 33 heavy (non-hydrogen) atoms. The first-order valence-corrected chi connectivity index (χ1v) is 12.1. The molecule has 1 saturated carbocycles. The molecule has 1 heterocycles. The molecule has 0 aliphatic heterocycles. The van der Waals surface area contributed by atoms with E-state index in [1.54, 1.807) is 18.3 Å². The van der Waals surface area contributed by atoms with Gasteiger partial charge in [0.25, 0.3) is 0 Å². The molecule has 0 saturated heterocycles. The van der Waals surface area contributed by atoms with E-state index in [1.807, 2.05) is 35.2 Å². The average molecular weight is 457 g/mol. The molecule has 2 N–H and O–H groups in total. The Balaban J connectivity index is 1.60. The largest absolute Gasteiger partial charge is 0.506 e. The number of aromatic hydroxyl groups is 1. The zero-order valence-corrected chi connectivity index (χ0v) is 19.6. The molecule has 0 bridgehead atoms. The van der Waals surface area contributed by atoms with Gasteiger partial charge >= 0.3 is 0 Å². The second-order valence-electron chi connectivity index (χ2n) is 8.84. The molecule has 7 heteroatoms. The number of halogens is 1. The van der Waals surface area contributed by atoms with Crippen molar-refractivity contribution in [3.63, 3.8) is 0 Å². The number of para-hydroxylation sites is 2. The van der Waals surface area contributed by atoms with Gasteiger partial charge in [0.1, 0.15) is 11.6 Å². The molecule has 6 nitrogen and oxygen atoms in total. The maximum atomic E-state index is 13.4. The van der Waals surface area contributed by atoms with E-state index in [0.717, 1.165) is 57.4 Å².